The van der Waals surface area contributed by atoms with Crippen LogP contribution in [-0.4, -0.2) is 47.4 Å². The van der Waals surface area contributed by atoms with Crippen LogP contribution < -0.4 is 5.32 Å². The highest BCUT2D eigenvalue weighted by Crippen LogP contribution is 2.18. The van der Waals surface area contributed by atoms with Crippen LogP contribution in [0.5, 0.6) is 0 Å². The first-order chi connectivity index (χ1) is 36.5. The van der Waals surface area contributed by atoms with E-state index < -0.39 is 12.1 Å². The van der Waals surface area contributed by atoms with Crippen LogP contribution in [-0.2, 0) is 14.3 Å². The van der Waals surface area contributed by atoms with Gasteiger partial charge in [0, 0.05) is 12.8 Å². The summed E-state index contributed by atoms with van der Waals surface area (Å²) in [6.07, 6.45) is 80.6. The van der Waals surface area contributed by atoms with Crippen molar-refractivity contribution < 1.29 is 24.5 Å². The fourth-order valence-corrected chi connectivity index (χ4v) is 10.3. The molecule has 0 rings (SSSR count). The zero-order chi connectivity index (χ0) is 53.6. The topological polar surface area (TPSA) is 95.9 Å². The number of carbonyl (C=O) groups is 2. The summed E-state index contributed by atoms with van der Waals surface area (Å²) >= 11 is 0. The lowest BCUT2D eigenvalue weighted by Gasteiger charge is -2.20. The van der Waals surface area contributed by atoms with Crippen LogP contribution in [0.3, 0.4) is 0 Å². The maximum atomic E-state index is 12.5. The molecule has 0 aliphatic rings. The number of unbranched alkanes of at least 4 members (excludes halogenated alkanes) is 47. The summed E-state index contributed by atoms with van der Waals surface area (Å²) in [5.74, 6) is -0.0801. The van der Waals surface area contributed by atoms with E-state index in [9.17, 15) is 19.8 Å². The highest BCUT2D eigenvalue weighted by molar-refractivity contribution is 5.76. The molecule has 0 heterocycles. The van der Waals surface area contributed by atoms with Gasteiger partial charge in [0.15, 0.2) is 0 Å². The molecule has 0 aromatic carbocycles. The van der Waals surface area contributed by atoms with Crippen molar-refractivity contribution >= 4 is 11.9 Å². The van der Waals surface area contributed by atoms with Crippen molar-refractivity contribution in [3.05, 3.63) is 36.5 Å². The lowest BCUT2D eigenvalue weighted by molar-refractivity contribution is -0.143. The maximum Gasteiger partial charge on any atom is 0.305 e. The number of aliphatic hydroxyl groups is 2. The summed E-state index contributed by atoms with van der Waals surface area (Å²) in [7, 11) is 0. The molecule has 6 nitrogen and oxygen atoms in total. The molecule has 0 fully saturated rings. The third-order valence-electron chi connectivity index (χ3n) is 15.4. The second kappa shape index (κ2) is 63.6. The Morgan fingerprint density at radius 3 is 0.973 bits per heavy atom. The van der Waals surface area contributed by atoms with E-state index in [0.717, 1.165) is 51.4 Å². The zero-order valence-electron chi connectivity index (χ0n) is 49.8. The zero-order valence-corrected chi connectivity index (χ0v) is 49.8. The number of aliphatic hydroxyl groups excluding tert-OH is 2. The highest BCUT2D eigenvalue weighted by Gasteiger charge is 2.18. The minimum atomic E-state index is -0.853. The first-order valence-corrected chi connectivity index (χ1v) is 33.3. The molecule has 2 unspecified atom stereocenters. The van der Waals surface area contributed by atoms with E-state index in [1.54, 1.807) is 6.08 Å². The van der Waals surface area contributed by atoms with Crippen LogP contribution >= 0.6 is 0 Å². The Bertz CT molecular complexity index is 1200. The lowest BCUT2D eigenvalue weighted by atomic mass is 10.0. The number of rotatable bonds is 62. The highest BCUT2D eigenvalue weighted by atomic mass is 16.5. The molecule has 0 aromatic heterocycles. The Balaban J connectivity index is 3.47. The van der Waals surface area contributed by atoms with Gasteiger partial charge in [0.05, 0.1) is 25.4 Å². The second-order valence-electron chi connectivity index (χ2n) is 22.8. The summed E-state index contributed by atoms with van der Waals surface area (Å²) in [5.41, 5.74) is 0. The van der Waals surface area contributed by atoms with Crippen molar-refractivity contribution in [1.29, 1.82) is 0 Å². The van der Waals surface area contributed by atoms with Gasteiger partial charge in [0.2, 0.25) is 5.91 Å². The number of carbonyl (C=O) groups excluding carboxylic acids is 2. The quantitative estimate of drug-likeness (QED) is 0.0320. The van der Waals surface area contributed by atoms with Crippen molar-refractivity contribution in [2.24, 2.45) is 0 Å². The van der Waals surface area contributed by atoms with Gasteiger partial charge in [0.1, 0.15) is 0 Å². The van der Waals surface area contributed by atoms with E-state index in [1.807, 2.05) is 6.08 Å². The van der Waals surface area contributed by atoms with Gasteiger partial charge in [-0.15, -0.1) is 0 Å². The monoisotopic (exact) mass is 1040 g/mol. The van der Waals surface area contributed by atoms with Gasteiger partial charge in [-0.3, -0.25) is 9.59 Å². The van der Waals surface area contributed by atoms with Crippen LogP contribution in [0, 0.1) is 0 Å². The first kappa shape index (κ1) is 72.1. The third kappa shape index (κ3) is 59.3. The maximum absolute atomic E-state index is 12.5. The van der Waals surface area contributed by atoms with Crippen molar-refractivity contribution in [1.82, 2.24) is 5.32 Å². The summed E-state index contributed by atoms with van der Waals surface area (Å²) in [5, 5.41) is 23.2. The van der Waals surface area contributed by atoms with Crippen LogP contribution in [0.2, 0.25) is 0 Å². The van der Waals surface area contributed by atoms with E-state index in [1.165, 1.54) is 283 Å². The SMILES string of the molecule is CCCCCC/C=C\CCCCCCCC(=O)OCCCCCCCCCC/C=C\CCCCCCCCCC(=O)NC(CO)C(O)/C=C/CCCCCCCCCCCCCCCCCCCCCCCCC. The van der Waals surface area contributed by atoms with Crippen LogP contribution in [0.25, 0.3) is 0 Å². The number of hydrogen-bond donors (Lipinski definition) is 3. The molecule has 74 heavy (non-hydrogen) atoms. The van der Waals surface area contributed by atoms with E-state index in [2.05, 4.69) is 43.5 Å². The Morgan fingerprint density at radius 2 is 0.635 bits per heavy atom. The molecule has 0 saturated carbocycles. The van der Waals surface area contributed by atoms with Crippen LogP contribution in [0.1, 0.15) is 361 Å². The molecule has 6 heteroatoms. The average molecular weight is 1040 g/mol. The van der Waals surface area contributed by atoms with Gasteiger partial charge >= 0.3 is 5.97 Å². The fraction of sp³-hybridized carbons (Fsp3) is 0.882. The van der Waals surface area contributed by atoms with Gasteiger partial charge in [-0.1, -0.05) is 301 Å². The summed E-state index contributed by atoms with van der Waals surface area (Å²) in [6, 6.07) is -0.637. The van der Waals surface area contributed by atoms with Crippen molar-refractivity contribution in [3.63, 3.8) is 0 Å². The van der Waals surface area contributed by atoms with Gasteiger partial charge in [-0.2, -0.15) is 0 Å². The molecule has 0 saturated heterocycles. The van der Waals surface area contributed by atoms with Crippen LogP contribution in [0.4, 0.5) is 0 Å². The molecule has 2 atom stereocenters. The molecule has 0 spiro atoms. The molecular weight excluding hydrogens is 911 g/mol. The molecular formula is C68H129NO5. The molecule has 3 N–H and O–H groups in total. The molecule has 436 valence electrons. The standard InChI is InChI=1S/C68H129NO5/c1-3-5-7-9-11-13-15-17-18-19-20-21-22-23-24-25-27-30-33-37-40-44-48-52-56-60-66(71)65(64-70)69-67(72)61-57-53-49-45-41-38-34-31-28-26-29-32-35-39-43-47-51-55-59-63-74-68(73)62-58-54-50-46-42-36-16-14-12-10-8-6-4-2/h14,16,26,28,56,60,65-66,70-71H,3-13,15,17-25,27,29-55,57-59,61-64H2,1-2H3,(H,69,72)/b16-14-,28-26-,60-56+. The number of nitrogens with one attached hydrogen (secondary N) is 1. The molecule has 0 radical (unpaired) electrons. The third-order valence-corrected chi connectivity index (χ3v) is 15.4. The number of hydrogen-bond acceptors (Lipinski definition) is 5. The normalized spacial score (nSPS) is 12.8. The van der Waals surface area contributed by atoms with E-state index in [4.69, 9.17) is 4.74 Å². The van der Waals surface area contributed by atoms with E-state index in [0.29, 0.717) is 19.4 Å². The Morgan fingerprint density at radius 1 is 0.365 bits per heavy atom. The van der Waals surface area contributed by atoms with Gasteiger partial charge in [0.25, 0.3) is 0 Å². The summed E-state index contributed by atoms with van der Waals surface area (Å²) < 4.78 is 5.47. The van der Waals surface area contributed by atoms with Crippen LogP contribution in [0.15, 0.2) is 36.5 Å². The van der Waals surface area contributed by atoms with Gasteiger partial charge in [-0.05, 0) is 83.5 Å². The fourth-order valence-electron chi connectivity index (χ4n) is 10.3. The van der Waals surface area contributed by atoms with Gasteiger partial charge < -0.3 is 20.3 Å². The van der Waals surface area contributed by atoms with Gasteiger partial charge in [-0.25, -0.2) is 0 Å². The lowest BCUT2D eigenvalue weighted by Crippen LogP contribution is -2.45. The number of esters is 1. The number of allylic oxidation sites excluding steroid dienone is 5. The number of amides is 1. The molecule has 1 amide bonds. The van der Waals surface area contributed by atoms with Crippen molar-refractivity contribution in [2.75, 3.05) is 13.2 Å². The molecule has 0 aliphatic heterocycles. The van der Waals surface area contributed by atoms with Crippen molar-refractivity contribution in [2.45, 2.75) is 373 Å². The van der Waals surface area contributed by atoms with E-state index >= 15 is 0 Å². The van der Waals surface area contributed by atoms with E-state index in [-0.39, 0.29) is 18.5 Å². The molecule has 0 aromatic rings. The number of ether oxygens (including phenoxy) is 1. The summed E-state index contributed by atoms with van der Waals surface area (Å²) in [4.78, 5) is 24.6. The summed E-state index contributed by atoms with van der Waals surface area (Å²) in [6.45, 7) is 4.90. The Hall–Kier alpha value is -1.92. The van der Waals surface area contributed by atoms with Crippen molar-refractivity contribution in [3.8, 4) is 0 Å². The molecule has 0 aliphatic carbocycles. The Kier molecular flexibility index (Phi) is 62.0. The first-order valence-electron chi connectivity index (χ1n) is 33.3. The largest absolute Gasteiger partial charge is 0.466 e. The second-order valence-corrected chi connectivity index (χ2v) is 22.8. The minimum absolute atomic E-state index is 0.00566. The predicted molar refractivity (Wildman–Crippen MR) is 324 cm³/mol. The smallest absolute Gasteiger partial charge is 0.305 e. The molecule has 0 bridgehead atoms. The Labute approximate surface area is 462 Å². The minimum Gasteiger partial charge on any atom is -0.466 e. The predicted octanol–water partition coefficient (Wildman–Crippen LogP) is 21.1. The average Bonchev–Trinajstić information content (AvgIpc) is 3.40.